The van der Waals surface area contributed by atoms with Gasteiger partial charge in [-0.2, -0.15) is 0 Å². The van der Waals surface area contributed by atoms with Crippen LogP contribution in [-0.4, -0.2) is 18.0 Å². The Morgan fingerprint density at radius 3 is 2.68 bits per heavy atom. The number of nitrogens with zero attached hydrogens (tertiary/aromatic N) is 1. The van der Waals surface area contributed by atoms with E-state index in [2.05, 4.69) is 10.3 Å². The van der Waals surface area contributed by atoms with E-state index in [0.717, 1.165) is 11.1 Å². The number of carbonyl (C=O) groups excluding carboxylic acids is 1. The number of anilines is 1. The van der Waals surface area contributed by atoms with E-state index >= 15 is 0 Å². The lowest BCUT2D eigenvalue weighted by Gasteiger charge is -2.09. The van der Waals surface area contributed by atoms with Crippen molar-refractivity contribution in [2.75, 3.05) is 12.4 Å². The maximum atomic E-state index is 12.1. The van der Waals surface area contributed by atoms with E-state index in [0.29, 0.717) is 17.1 Å². The summed E-state index contributed by atoms with van der Waals surface area (Å²) in [5.41, 5.74) is 2.47. The van der Waals surface area contributed by atoms with Crippen LogP contribution in [0.4, 0.5) is 5.82 Å². The summed E-state index contributed by atoms with van der Waals surface area (Å²) in [5, 5.41) is 2.79. The van der Waals surface area contributed by atoms with E-state index in [1.165, 1.54) is 0 Å². The Morgan fingerprint density at radius 2 is 2.00 bits per heavy atom. The van der Waals surface area contributed by atoms with Crippen molar-refractivity contribution >= 4 is 11.7 Å². The van der Waals surface area contributed by atoms with Gasteiger partial charge in [-0.25, -0.2) is 4.98 Å². The molecule has 1 amide bonds. The van der Waals surface area contributed by atoms with Crippen molar-refractivity contribution < 1.29 is 9.53 Å². The van der Waals surface area contributed by atoms with Crippen molar-refractivity contribution in [3.05, 3.63) is 53.2 Å². The number of carbonyl (C=O) groups is 1. The Morgan fingerprint density at radius 1 is 1.21 bits per heavy atom. The minimum atomic E-state index is -0.194. The molecule has 0 fully saturated rings. The van der Waals surface area contributed by atoms with Crippen LogP contribution in [0.15, 0.2) is 36.5 Å². The van der Waals surface area contributed by atoms with Crippen molar-refractivity contribution in [2.24, 2.45) is 0 Å². The van der Waals surface area contributed by atoms with Crippen LogP contribution in [0.2, 0.25) is 0 Å². The molecular formula is C15H16N2O2. The van der Waals surface area contributed by atoms with Gasteiger partial charge in [0.25, 0.3) is 5.91 Å². The fourth-order valence-electron chi connectivity index (χ4n) is 1.76. The first-order valence-electron chi connectivity index (χ1n) is 5.99. The number of pyridine rings is 1. The largest absolute Gasteiger partial charge is 0.496 e. The van der Waals surface area contributed by atoms with Gasteiger partial charge in [-0.3, -0.25) is 4.79 Å². The predicted octanol–water partition coefficient (Wildman–Crippen LogP) is 2.96. The number of aromatic nitrogens is 1. The van der Waals surface area contributed by atoms with Crippen LogP contribution < -0.4 is 10.1 Å². The van der Waals surface area contributed by atoms with Gasteiger partial charge in [0.15, 0.2) is 0 Å². The normalized spacial score (nSPS) is 10.1. The maximum Gasteiger partial charge on any atom is 0.256 e. The molecule has 1 aromatic carbocycles. The van der Waals surface area contributed by atoms with Crippen molar-refractivity contribution in [2.45, 2.75) is 13.8 Å². The molecule has 0 radical (unpaired) electrons. The first-order valence-corrected chi connectivity index (χ1v) is 5.99. The van der Waals surface area contributed by atoms with E-state index in [1.807, 2.05) is 32.0 Å². The maximum absolute atomic E-state index is 12.1. The fraction of sp³-hybridized carbons (Fsp3) is 0.200. The van der Waals surface area contributed by atoms with E-state index in [-0.39, 0.29) is 5.91 Å². The second-order valence-corrected chi connectivity index (χ2v) is 4.31. The molecule has 1 heterocycles. The van der Waals surface area contributed by atoms with Crippen molar-refractivity contribution in [3.8, 4) is 5.75 Å². The summed E-state index contributed by atoms with van der Waals surface area (Å²) in [5.74, 6) is 1.08. The predicted molar refractivity (Wildman–Crippen MR) is 74.7 cm³/mol. The summed E-state index contributed by atoms with van der Waals surface area (Å²) in [7, 11) is 1.59. The number of hydrogen-bond acceptors (Lipinski definition) is 3. The van der Waals surface area contributed by atoms with E-state index < -0.39 is 0 Å². The number of ether oxygens (including phenoxy) is 1. The Labute approximate surface area is 112 Å². The molecule has 0 saturated heterocycles. The summed E-state index contributed by atoms with van der Waals surface area (Å²) in [6.45, 7) is 3.84. The SMILES string of the molecule is COc1cc(C(=O)Nc2ncccc2C)ccc1C. The molecule has 0 atom stereocenters. The van der Waals surface area contributed by atoms with Crippen molar-refractivity contribution in [1.29, 1.82) is 0 Å². The highest BCUT2D eigenvalue weighted by atomic mass is 16.5. The number of hydrogen-bond donors (Lipinski definition) is 1. The molecule has 2 aromatic rings. The third kappa shape index (κ3) is 2.91. The van der Waals surface area contributed by atoms with Crippen LogP contribution in [0.3, 0.4) is 0 Å². The van der Waals surface area contributed by atoms with Gasteiger partial charge < -0.3 is 10.1 Å². The number of amides is 1. The van der Waals surface area contributed by atoms with Crippen LogP contribution >= 0.6 is 0 Å². The van der Waals surface area contributed by atoms with Crippen LogP contribution in [0, 0.1) is 13.8 Å². The monoisotopic (exact) mass is 256 g/mol. The lowest BCUT2D eigenvalue weighted by atomic mass is 10.1. The Bertz CT molecular complexity index is 609. The van der Waals surface area contributed by atoms with Gasteiger partial charge in [-0.1, -0.05) is 12.1 Å². The minimum absolute atomic E-state index is 0.194. The molecule has 0 spiro atoms. The zero-order valence-corrected chi connectivity index (χ0v) is 11.2. The van der Waals surface area contributed by atoms with Gasteiger partial charge >= 0.3 is 0 Å². The molecule has 1 N–H and O–H groups in total. The summed E-state index contributed by atoms with van der Waals surface area (Å²) in [6.07, 6.45) is 1.65. The van der Waals surface area contributed by atoms with Gasteiger partial charge in [0, 0.05) is 11.8 Å². The Kier molecular flexibility index (Phi) is 3.80. The molecular weight excluding hydrogens is 240 g/mol. The second kappa shape index (κ2) is 5.52. The fourth-order valence-corrected chi connectivity index (χ4v) is 1.76. The number of nitrogens with one attached hydrogen (secondary N) is 1. The van der Waals surface area contributed by atoms with Gasteiger partial charge in [0.05, 0.1) is 7.11 Å². The van der Waals surface area contributed by atoms with Gasteiger partial charge in [0.1, 0.15) is 11.6 Å². The molecule has 2 rings (SSSR count). The summed E-state index contributed by atoms with van der Waals surface area (Å²) in [4.78, 5) is 16.3. The molecule has 98 valence electrons. The van der Waals surface area contributed by atoms with Crippen LogP contribution in [-0.2, 0) is 0 Å². The number of rotatable bonds is 3. The van der Waals surface area contributed by atoms with Crippen LogP contribution in [0.1, 0.15) is 21.5 Å². The number of benzene rings is 1. The highest BCUT2D eigenvalue weighted by molar-refractivity contribution is 6.04. The molecule has 4 nitrogen and oxygen atoms in total. The third-order valence-corrected chi connectivity index (χ3v) is 2.91. The average Bonchev–Trinajstić information content (AvgIpc) is 2.42. The highest BCUT2D eigenvalue weighted by Crippen LogP contribution is 2.20. The quantitative estimate of drug-likeness (QED) is 0.918. The lowest BCUT2D eigenvalue weighted by Crippen LogP contribution is -2.14. The van der Waals surface area contributed by atoms with E-state index in [1.54, 1.807) is 25.4 Å². The van der Waals surface area contributed by atoms with Gasteiger partial charge in [-0.15, -0.1) is 0 Å². The van der Waals surface area contributed by atoms with Crippen LogP contribution in [0.5, 0.6) is 5.75 Å². The zero-order chi connectivity index (χ0) is 13.8. The molecule has 4 heteroatoms. The van der Waals surface area contributed by atoms with E-state index in [4.69, 9.17) is 4.74 Å². The number of aryl methyl sites for hydroxylation is 2. The summed E-state index contributed by atoms with van der Waals surface area (Å²) >= 11 is 0. The van der Waals surface area contributed by atoms with Crippen molar-refractivity contribution in [1.82, 2.24) is 4.98 Å². The molecule has 0 bridgehead atoms. The first kappa shape index (κ1) is 13.1. The molecule has 0 saturated carbocycles. The summed E-state index contributed by atoms with van der Waals surface area (Å²) in [6, 6.07) is 9.09. The molecule has 0 aliphatic heterocycles. The molecule has 1 aromatic heterocycles. The smallest absolute Gasteiger partial charge is 0.256 e. The lowest BCUT2D eigenvalue weighted by molar-refractivity contribution is 0.102. The van der Waals surface area contributed by atoms with Crippen LogP contribution in [0.25, 0.3) is 0 Å². The Hall–Kier alpha value is -2.36. The molecule has 0 aliphatic rings. The average molecular weight is 256 g/mol. The van der Waals surface area contributed by atoms with Gasteiger partial charge in [-0.05, 0) is 43.2 Å². The molecule has 19 heavy (non-hydrogen) atoms. The van der Waals surface area contributed by atoms with Gasteiger partial charge in [0.2, 0.25) is 0 Å². The molecule has 0 aliphatic carbocycles. The van der Waals surface area contributed by atoms with E-state index in [9.17, 15) is 4.79 Å². The zero-order valence-electron chi connectivity index (χ0n) is 11.2. The highest BCUT2D eigenvalue weighted by Gasteiger charge is 2.10. The number of methoxy groups -OCH3 is 1. The summed E-state index contributed by atoms with van der Waals surface area (Å²) < 4.78 is 5.21. The third-order valence-electron chi connectivity index (χ3n) is 2.91. The minimum Gasteiger partial charge on any atom is -0.496 e. The first-order chi connectivity index (χ1) is 9.11. The Balaban J connectivity index is 2.23. The standard InChI is InChI=1S/C15H16N2O2/c1-10-6-7-12(9-13(10)19-3)15(18)17-14-11(2)5-4-8-16-14/h4-9H,1-3H3,(H,16,17,18). The van der Waals surface area contributed by atoms with Crippen molar-refractivity contribution in [3.63, 3.8) is 0 Å². The second-order valence-electron chi connectivity index (χ2n) is 4.31. The topological polar surface area (TPSA) is 51.2 Å². The molecule has 0 unspecified atom stereocenters.